The summed E-state index contributed by atoms with van der Waals surface area (Å²) in [5.41, 5.74) is 1.28. The van der Waals surface area contributed by atoms with Gasteiger partial charge in [-0.3, -0.25) is 0 Å². The molecular weight excluding hydrogens is 236 g/mol. The van der Waals surface area contributed by atoms with Gasteiger partial charge in [0, 0.05) is 27.1 Å². The predicted molar refractivity (Wildman–Crippen MR) is 78.1 cm³/mol. The van der Waals surface area contributed by atoms with Gasteiger partial charge in [-0.05, 0) is 11.5 Å². The van der Waals surface area contributed by atoms with Gasteiger partial charge in [-0.25, -0.2) is 0 Å². The van der Waals surface area contributed by atoms with E-state index in [4.69, 9.17) is 9.47 Å². The van der Waals surface area contributed by atoms with Crippen LogP contribution >= 0.6 is 0 Å². The summed E-state index contributed by atoms with van der Waals surface area (Å²) in [5, 5.41) is 0. The molecule has 106 valence electrons. The second-order valence-electron chi connectivity index (χ2n) is 5.69. The van der Waals surface area contributed by atoms with E-state index in [0.717, 1.165) is 18.8 Å². The highest BCUT2D eigenvalue weighted by atomic mass is 16.7. The Labute approximate surface area is 117 Å². The molecule has 0 amide bonds. The standard InChI is InChI=1S/C17H26O2/c1-18-17(19-2,13-15-9-5-3-6-10-15)14-16-11-7-4-8-12-16/h3,5-6,9-10,16H,4,7-8,11-14H2,1-2H3. The third-order valence-corrected chi connectivity index (χ3v) is 4.38. The maximum atomic E-state index is 5.77. The van der Waals surface area contributed by atoms with E-state index in [1.807, 2.05) is 6.07 Å². The molecule has 0 aliphatic heterocycles. The summed E-state index contributed by atoms with van der Waals surface area (Å²) in [6.45, 7) is 0. The van der Waals surface area contributed by atoms with Gasteiger partial charge in [0.1, 0.15) is 0 Å². The molecule has 19 heavy (non-hydrogen) atoms. The largest absolute Gasteiger partial charge is 0.353 e. The summed E-state index contributed by atoms with van der Waals surface area (Å²) < 4.78 is 11.5. The number of hydrogen-bond acceptors (Lipinski definition) is 2. The molecule has 2 nitrogen and oxygen atoms in total. The topological polar surface area (TPSA) is 18.5 Å². The minimum atomic E-state index is -0.455. The molecule has 1 saturated carbocycles. The van der Waals surface area contributed by atoms with Crippen molar-refractivity contribution in [1.82, 2.24) is 0 Å². The minimum absolute atomic E-state index is 0.455. The zero-order chi connectivity index (χ0) is 13.6. The highest BCUT2D eigenvalue weighted by molar-refractivity contribution is 5.16. The Bertz CT molecular complexity index is 351. The predicted octanol–water partition coefficient (Wildman–Crippen LogP) is 4.19. The summed E-state index contributed by atoms with van der Waals surface area (Å²) >= 11 is 0. The number of methoxy groups -OCH3 is 2. The van der Waals surface area contributed by atoms with Gasteiger partial charge in [-0.1, -0.05) is 62.4 Å². The maximum absolute atomic E-state index is 5.77. The molecule has 0 aromatic heterocycles. The minimum Gasteiger partial charge on any atom is -0.353 e. The third kappa shape index (κ3) is 4.05. The van der Waals surface area contributed by atoms with Gasteiger partial charge in [-0.2, -0.15) is 0 Å². The second-order valence-corrected chi connectivity index (χ2v) is 5.69. The third-order valence-electron chi connectivity index (χ3n) is 4.38. The first-order chi connectivity index (χ1) is 9.28. The van der Waals surface area contributed by atoms with Gasteiger partial charge in [0.05, 0.1) is 0 Å². The first-order valence-electron chi connectivity index (χ1n) is 7.42. The van der Waals surface area contributed by atoms with Crippen molar-refractivity contribution in [2.24, 2.45) is 5.92 Å². The summed E-state index contributed by atoms with van der Waals surface area (Å²) in [4.78, 5) is 0. The molecule has 0 N–H and O–H groups in total. The maximum Gasteiger partial charge on any atom is 0.171 e. The molecule has 1 aliphatic rings. The average Bonchev–Trinajstić information content (AvgIpc) is 2.48. The Kier molecular flexibility index (Phi) is 5.41. The first kappa shape index (κ1) is 14.5. The molecule has 1 fully saturated rings. The van der Waals surface area contributed by atoms with Gasteiger partial charge in [-0.15, -0.1) is 0 Å². The monoisotopic (exact) mass is 262 g/mol. The van der Waals surface area contributed by atoms with Crippen LogP contribution in [-0.2, 0) is 15.9 Å². The molecule has 1 aliphatic carbocycles. The van der Waals surface area contributed by atoms with Crippen LogP contribution in [0, 0.1) is 5.92 Å². The lowest BCUT2D eigenvalue weighted by atomic mass is 9.83. The molecule has 0 bridgehead atoms. The highest BCUT2D eigenvalue weighted by Crippen LogP contribution is 2.34. The molecular formula is C17H26O2. The summed E-state index contributed by atoms with van der Waals surface area (Å²) in [6.07, 6.45) is 8.60. The van der Waals surface area contributed by atoms with Crippen LogP contribution in [0.1, 0.15) is 44.1 Å². The van der Waals surface area contributed by atoms with E-state index >= 15 is 0 Å². The van der Waals surface area contributed by atoms with Crippen LogP contribution in [-0.4, -0.2) is 20.0 Å². The zero-order valence-corrected chi connectivity index (χ0v) is 12.2. The van der Waals surface area contributed by atoms with Crippen LogP contribution in [0.4, 0.5) is 0 Å². The molecule has 0 heterocycles. The van der Waals surface area contributed by atoms with Crippen LogP contribution in [0.3, 0.4) is 0 Å². The van der Waals surface area contributed by atoms with Crippen molar-refractivity contribution in [3.63, 3.8) is 0 Å². The van der Waals surface area contributed by atoms with Crippen molar-refractivity contribution < 1.29 is 9.47 Å². The van der Waals surface area contributed by atoms with Crippen molar-refractivity contribution in [2.45, 2.75) is 50.7 Å². The summed E-state index contributed by atoms with van der Waals surface area (Å²) in [6, 6.07) is 10.5. The molecule has 2 rings (SSSR count). The molecule has 0 atom stereocenters. The average molecular weight is 262 g/mol. The van der Waals surface area contributed by atoms with E-state index in [-0.39, 0.29) is 0 Å². The smallest absolute Gasteiger partial charge is 0.171 e. The van der Waals surface area contributed by atoms with Gasteiger partial charge >= 0.3 is 0 Å². The van der Waals surface area contributed by atoms with Gasteiger partial charge in [0.2, 0.25) is 0 Å². The fraction of sp³-hybridized carbons (Fsp3) is 0.647. The van der Waals surface area contributed by atoms with E-state index in [2.05, 4.69) is 24.3 Å². The van der Waals surface area contributed by atoms with Crippen molar-refractivity contribution in [1.29, 1.82) is 0 Å². The lowest BCUT2D eigenvalue weighted by molar-refractivity contribution is -0.217. The normalized spacial score (nSPS) is 17.6. The fourth-order valence-electron chi connectivity index (χ4n) is 3.20. The van der Waals surface area contributed by atoms with Crippen LogP contribution in [0.2, 0.25) is 0 Å². The Hall–Kier alpha value is -0.860. The highest BCUT2D eigenvalue weighted by Gasteiger charge is 2.33. The molecule has 0 spiro atoms. The van der Waals surface area contributed by atoms with E-state index in [9.17, 15) is 0 Å². The summed E-state index contributed by atoms with van der Waals surface area (Å²) in [5.74, 6) is 0.293. The Balaban J connectivity index is 2.03. The molecule has 1 aromatic rings. The number of ether oxygens (including phenoxy) is 2. The molecule has 1 aromatic carbocycles. The van der Waals surface area contributed by atoms with Crippen LogP contribution in [0.5, 0.6) is 0 Å². The van der Waals surface area contributed by atoms with Gasteiger partial charge in [0.25, 0.3) is 0 Å². The fourth-order valence-corrected chi connectivity index (χ4v) is 3.20. The SMILES string of the molecule is COC(Cc1ccccc1)(CC1CCCCC1)OC. The van der Waals surface area contributed by atoms with E-state index in [1.54, 1.807) is 14.2 Å². The number of hydrogen-bond donors (Lipinski definition) is 0. The summed E-state index contributed by atoms with van der Waals surface area (Å²) in [7, 11) is 3.55. The van der Waals surface area contributed by atoms with E-state index < -0.39 is 5.79 Å². The van der Waals surface area contributed by atoms with Crippen molar-refractivity contribution in [3.05, 3.63) is 35.9 Å². The lowest BCUT2D eigenvalue weighted by Crippen LogP contribution is -2.39. The van der Waals surface area contributed by atoms with E-state index in [0.29, 0.717) is 0 Å². The van der Waals surface area contributed by atoms with Crippen molar-refractivity contribution >= 4 is 0 Å². The van der Waals surface area contributed by atoms with Crippen molar-refractivity contribution in [2.75, 3.05) is 14.2 Å². The quantitative estimate of drug-likeness (QED) is 0.716. The lowest BCUT2D eigenvalue weighted by Gasteiger charge is -2.35. The molecule has 2 heteroatoms. The van der Waals surface area contributed by atoms with E-state index in [1.165, 1.54) is 37.7 Å². The first-order valence-corrected chi connectivity index (χ1v) is 7.42. The molecule has 0 radical (unpaired) electrons. The second kappa shape index (κ2) is 7.06. The van der Waals surface area contributed by atoms with Gasteiger partial charge in [0.15, 0.2) is 5.79 Å². The van der Waals surface area contributed by atoms with Crippen molar-refractivity contribution in [3.8, 4) is 0 Å². The number of rotatable bonds is 6. The van der Waals surface area contributed by atoms with Crippen LogP contribution in [0.25, 0.3) is 0 Å². The zero-order valence-electron chi connectivity index (χ0n) is 12.2. The van der Waals surface area contributed by atoms with Gasteiger partial charge < -0.3 is 9.47 Å². The number of benzene rings is 1. The molecule has 0 saturated heterocycles. The Morgan fingerprint density at radius 3 is 2.21 bits per heavy atom. The van der Waals surface area contributed by atoms with Crippen LogP contribution in [0.15, 0.2) is 30.3 Å². The van der Waals surface area contributed by atoms with Crippen LogP contribution < -0.4 is 0 Å². The Morgan fingerprint density at radius 2 is 1.63 bits per heavy atom. The Morgan fingerprint density at radius 1 is 1.00 bits per heavy atom. The molecule has 0 unspecified atom stereocenters.